The second-order valence-electron chi connectivity index (χ2n) is 5.25. The molecule has 108 valence electrons. The van der Waals surface area contributed by atoms with Crippen LogP contribution in [0.1, 0.15) is 36.0 Å². The van der Waals surface area contributed by atoms with E-state index >= 15 is 0 Å². The molecule has 5 heteroatoms. The fraction of sp³-hybridized carbons (Fsp3) is 0.467. The van der Waals surface area contributed by atoms with Gasteiger partial charge in [0.15, 0.2) is 0 Å². The fourth-order valence-electron chi connectivity index (χ4n) is 2.75. The third kappa shape index (κ3) is 3.50. The number of carbonyl (C=O) groups is 2. The van der Waals surface area contributed by atoms with Crippen LogP contribution in [0.15, 0.2) is 24.3 Å². The Morgan fingerprint density at radius 2 is 2.00 bits per heavy atom. The molecular formula is C15H19NO4. The van der Waals surface area contributed by atoms with E-state index in [0.29, 0.717) is 18.5 Å². The molecule has 0 aliphatic heterocycles. The van der Waals surface area contributed by atoms with Gasteiger partial charge in [0.2, 0.25) is 0 Å². The van der Waals surface area contributed by atoms with Crippen LogP contribution in [0.2, 0.25) is 0 Å². The van der Waals surface area contributed by atoms with Gasteiger partial charge in [0.25, 0.3) is 5.91 Å². The maximum Gasteiger partial charge on any atom is 0.306 e. The van der Waals surface area contributed by atoms with Crippen molar-refractivity contribution in [2.75, 3.05) is 6.54 Å². The molecule has 2 unspecified atom stereocenters. The molecule has 20 heavy (non-hydrogen) atoms. The molecule has 1 aliphatic rings. The molecule has 3 N–H and O–H groups in total. The number of aliphatic carboxylic acids is 1. The van der Waals surface area contributed by atoms with Crippen molar-refractivity contribution < 1.29 is 19.8 Å². The number of aromatic hydroxyl groups is 1. The summed E-state index contributed by atoms with van der Waals surface area (Å²) in [6.45, 7) is 0.367. The van der Waals surface area contributed by atoms with E-state index in [1.54, 1.807) is 12.1 Å². The average Bonchev–Trinajstić information content (AvgIpc) is 2.45. The first-order chi connectivity index (χ1) is 9.58. The summed E-state index contributed by atoms with van der Waals surface area (Å²) in [4.78, 5) is 23.1. The van der Waals surface area contributed by atoms with Crippen LogP contribution < -0.4 is 5.32 Å². The molecule has 1 aromatic carbocycles. The summed E-state index contributed by atoms with van der Waals surface area (Å²) in [7, 11) is 0. The molecule has 0 spiro atoms. The molecule has 1 amide bonds. The van der Waals surface area contributed by atoms with Crippen molar-refractivity contribution in [2.24, 2.45) is 11.8 Å². The van der Waals surface area contributed by atoms with Crippen LogP contribution in [-0.2, 0) is 4.79 Å². The Labute approximate surface area is 117 Å². The molecule has 1 saturated carbocycles. The van der Waals surface area contributed by atoms with Crippen LogP contribution in [-0.4, -0.2) is 28.6 Å². The number of carbonyl (C=O) groups excluding carboxylic acids is 1. The zero-order chi connectivity index (χ0) is 14.5. The molecule has 0 bridgehead atoms. The van der Waals surface area contributed by atoms with Gasteiger partial charge in [-0.1, -0.05) is 18.9 Å². The predicted molar refractivity (Wildman–Crippen MR) is 73.5 cm³/mol. The maximum atomic E-state index is 11.9. The number of benzene rings is 1. The minimum Gasteiger partial charge on any atom is -0.508 e. The number of carboxylic acids is 1. The van der Waals surface area contributed by atoms with E-state index in [2.05, 4.69) is 5.32 Å². The fourth-order valence-corrected chi connectivity index (χ4v) is 2.75. The zero-order valence-corrected chi connectivity index (χ0v) is 11.2. The van der Waals surface area contributed by atoms with Crippen molar-refractivity contribution in [1.82, 2.24) is 5.32 Å². The van der Waals surface area contributed by atoms with Gasteiger partial charge < -0.3 is 15.5 Å². The Morgan fingerprint density at radius 3 is 2.70 bits per heavy atom. The summed E-state index contributed by atoms with van der Waals surface area (Å²) in [6.07, 6.45) is 3.46. The summed E-state index contributed by atoms with van der Waals surface area (Å²) in [6, 6.07) is 6.11. The largest absolute Gasteiger partial charge is 0.508 e. The van der Waals surface area contributed by atoms with Crippen molar-refractivity contribution in [3.8, 4) is 5.75 Å². The molecular weight excluding hydrogens is 258 g/mol. The molecule has 5 nitrogen and oxygen atoms in total. The number of phenols is 1. The molecule has 1 aliphatic carbocycles. The summed E-state index contributed by atoms with van der Waals surface area (Å²) in [5, 5.41) is 21.3. The summed E-state index contributed by atoms with van der Waals surface area (Å²) in [5.41, 5.74) is 0.382. The number of hydrogen-bond donors (Lipinski definition) is 3. The molecule has 1 fully saturated rings. The van der Waals surface area contributed by atoms with Gasteiger partial charge >= 0.3 is 5.97 Å². The van der Waals surface area contributed by atoms with E-state index in [9.17, 15) is 19.8 Å². The van der Waals surface area contributed by atoms with Crippen molar-refractivity contribution in [2.45, 2.75) is 25.7 Å². The van der Waals surface area contributed by atoms with Gasteiger partial charge in [-0.05, 0) is 37.0 Å². The Hall–Kier alpha value is -2.04. The molecule has 1 aromatic rings. The molecule has 2 rings (SSSR count). The number of rotatable bonds is 4. The SMILES string of the molecule is O=C(NCC1CCCCC1C(=O)O)c1cccc(O)c1. The second-order valence-corrected chi connectivity index (χ2v) is 5.25. The average molecular weight is 277 g/mol. The predicted octanol–water partition coefficient (Wildman–Crippen LogP) is 2.01. The van der Waals surface area contributed by atoms with Crippen molar-refractivity contribution in [3.05, 3.63) is 29.8 Å². The van der Waals surface area contributed by atoms with Gasteiger partial charge in [0.05, 0.1) is 5.92 Å². The normalized spacial score (nSPS) is 22.2. The minimum absolute atomic E-state index is 0.0116. The van der Waals surface area contributed by atoms with Crippen LogP contribution in [0.4, 0.5) is 0 Å². The van der Waals surface area contributed by atoms with Gasteiger partial charge in [0, 0.05) is 12.1 Å². The van der Waals surface area contributed by atoms with Gasteiger partial charge in [-0.25, -0.2) is 0 Å². The first-order valence-corrected chi connectivity index (χ1v) is 6.88. The van der Waals surface area contributed by atoms with E-state index in [1.165, 1.54) is 12.1 Å². The number of amides is 1. The first kappa shape index (κ1) is 14.4. The number of hydrogen-bond acceptors (Lipinski definition) is 3. The van der Waals surface area contributed by atoms with E-state index in [0.717, 1.165) is 19.3 Å². The molecule has 0 heterocycles. The van der Waals surface area contributed by atoms with Crippen molar-refractivity contribution in [3.63, 3.8) is 0 Å². The van der Waals surface area contributed by atoms with Crippen LogP contribution in [0.3, 0.4) is 0 Å². The van der Waals surface area contributed by atoms with E-state index in [1.807, 2.05) is 0 Å². The monoisotopic (exact) mass is 277 g/mol. The smallest absolute Gasteiger partial charge is 0.306 e. The van der Waals surface area contributed by atoms with Crippen molar-refractivity contribution in [1.29, 1.82) is 0 Å². The lowest BCUT2D eigenvalue weighted by atomic mass is 9.79. The molecule has 2 atom stereocenters. The first-order valence-electron chi connectivity index (χ1n) is 6.88. The van der Waals surface area contributed by atoms with Crippen LogP contribution >= 0.6 is 0 Å². The number of phenolic OH excluding ortho intramolecular Hbond substituents is 1. The second kappa shape index (κ2) is 6.41. The minimum atomic E-state index is -0.777. The topological polar surface area (TPSA) is 86.6 Å². The van der Waals surface area contributed by atoms with E-state index < -0.39 is 5.97 Å². The Morgan fingerprint density at radius 1 is 1.25 bits per heavy atom. The highest BCUT2D eigenvalue weighted by atomic mass is 16.4. The van der Waals surface area contributed by atoms with Gasteiger partial charge in [-0.3, -0.25) is 9.59 Å². The highest BCUT2D eigenvalue weighted by Crippen LogP contribution is 2.29. The third-order valence-electron chi connectivity index (χ3n) is 3.86. The zero-order valence-electron chi connectivity index (χ0n) is 11.2. The quantitative estimate of drug-likeness (QED) is 0.785. The lowest BCUT2D eigenvalue weighted by Crippen LogP contribution is -2.37. The highest BCUT2D eigenvalue weighted by molar-refractivity contribution is 5.94. The van der Waals surface area contributed by atoms with Crippen LogP contribution in [0, 0.1) is 11.8 Å². The van der Waals surface area contributed by atoms with Crippen LogP contribution in [0.5, 0.6) is 5.75 Å². The van der Waals surface area contributed by atoms with Crippen molar-refractivity contribution >= 4 is 11.9 Å². The number of nitrogens with one attached hydrogen (secondary N) is 1. The third-order valence-corrected chi connectivity index (χ3v) is 3.86. The van der Waals surface area contributed by atoms with Gasteiger partial charge in [-0.15, -0.1) is 0 Å². The Balaban J connectivity index is 1.93. The Bertz CT molecular complexity index is 500. The molecule has 0 aromatic heterocycles. The van der Waals surface area contributed by atoms with Gasteiger partial charge in [-0.2, -0.15) is 0 Å². The number of carboxylic acid groups (broad SMARTS) is 1. The van der Waals surface area contributed by atoms with E-state index in [-0.39, 0.29) is 23.5 Å². The standard InChI is InChI=1S/C15H19NO4/c17-12-6-3-5-10(8-12)14(18)16-9-11-4-1-2-7-13(11)15(19)20/h3,5-6,8,11,13,17H,1-2,4,7,9H2,(H,16,18)(H,19,20). The maximum absolute atomic E-state index is 11.9. The van der Waals surface area contributed by atoms with Crippen LogP contribution in [0.25, 0.3) is 0 Å². The summed E-state index contributed by atoms with van der Waals surface area (Å²) >= 11 is 0. The summed E-state index contributed by atoms with van der Waals surface area (Å²) < 4.78 is 0. The lowest BCUT2D eigenvalue weighted by Gasteiger charge is -2.28. The van der Waals surface area contributed by atoms with E-state index in [4.69, 9.17) is 0 Å². The lowest BCUT2D eigenvalue weighted by molar-refractivity contribution is -0.144. The Kier molecular flexibility index (Phi) is 4.61. The highest BCUT2D eigenvalue weighted by Gasteiger charge is 2.30. The summed E-state index contributed by atoms with van der Waals surface area (Å²) in [5.74, 6) is -1.40. The molecule has 0 saturated heterocycles. The molecule has 0 radical (unpaired) electrons. The van der Waals surface area contributed by atoms with Gasteiger partial charge in [0.1, 0.15) is 5.75 Å².